The highest BCUT2D eigenvalue weighted by Gasteiger charge is 2.23. The third-order valence-electron chi connectivity index (χ3n) is 3.02. The van der Waals surface area contributed by atoms with Gasteiger partial charge in [0.15, 0.2) is 0 Å². The van der Waals surface area contributed by atoms with Gasteiger partial charge in [0.2, 0.25) is 0 Å². The Morgan fingerprint density at radius 2 is 2.40 bits per heavy atom. The Labute approximate surface area is 95.5 Å². The second-order valence-electron chi connectivity index (χ2n) is 4.20. The van der Waals surface area contributed by atoms with Gasteiger partial charge in [-0.2, -0.15) is 0 Å². The monoisotopic (exact) mass is 225 g/mol. The SMILES string of the molecule is CN1CCN(Cc2cccs2)C(CN)C1. The van der Waals surface area contributed by atoms with Crippen molar-refractivity contribution in [2.75, 3.05) is 33.2 Å². The van der Waals surface area contributed by atoms with Crippen LogP contribution in [-0.4, -0.2) is 49.1 Å². The Balaban J connectivity index is 1.95. The first-order valence-electron chi connectivity index (χ1n) is 5.44. The first-order chi connectivity index (χ1) is 7.29. The van der Waals surface area contributed by atoms with Gasteiger partial charge in [0.1, 0.15) is 0 Å². The molecule has 15 heavy (non-hydrogen) atoms. The molecule has 1 unspecified atom stereocenters. The summed E-state index contributed by atoms with van der Waals surface area (Å²) in [5, 5.41) is 2.14. The molecule has 1 aliphatic rings. The zero-order valence-electron chi connectivity index (χ0n) is 9.22. The van der Waals surface area contributed by atoms with E-state index in [1.165, 1.54) is 4.88 Å². The fraction of sp³-hybridized carbons (Fsp3) is 0.636. The highest BCUT2D eigenvalue weighted by Crippen LogP contribution is 2.16. The maximum atomic E-state index is 5.82. The van der Waals surface area contributed by atoms with E-state index in [4.69, 9.17) is 5.73 Å². The van der Waals surface area contributed by atoms with E-state index in [1.807, 2.05) is 11.3 Å². The van der Waals surface area contributed by atoms with Crippen molar-refractivity contribution >= 4 is 11.3 Å². The van der Waals surface area contributed by atoms with Gasteiger partial charge in [0.05, 0.1) is 0 Å². The molecule has 1 fully saturated rings. The predicted octanol–water partition coefficient (Wildman–Crippen LogP) is 0.823. The second kappa shape index (κ2) is 5.07. The molecular weight excluding hydrogens is 206 g/mol. The summed E-state index contributed by atoms with van der Waals surface area (Å²) in [4.78, 5) is 6.31. The summed E-state index contributed by atoms with van der Waals surface area (Å²) < 4.78 is 0. The Hall–Kier alpha value is -0.420. The standard InChI is InChI=1S/C11H19N3S/c1-13-4-5-14(10(7-12)8-13)9-11-3-2-6-15-11/h2-3,6,10H,4-5,7-9,12H2,1H3. The van der Waals surface area contributed by atoms with Gasteiger partial charge >= 0.3 is 0 Å². The van der Waals surface area contributed by atoms with E-state index in [2.05, 4.69) is 34.4 Å². The lowest BCUT2D eigenvalue weighted by atomic mass is 10.1. The number of hydrogen-bond donors (Lipinski definition) is 1. The van der Waals surface area contributed by atoms with Gasteiger partial charge in [-0.1, -0.05) is 6.07 Å². The van der Waals surface area contributed by atoms with E-state index in [0.29, 0.717) is 6.04 Å². The van der Waals surface area contributed by atoms with Crippen LogP contribution in [0.25, 0.3) is 0 Å². The Morgan fingerprint density at radius 3 is 3.07 bits per heavy atom. The molecule has 2 N–H and O–H groups in total. The molecule has 1 atom stereocenters. The first-order valence-corrected chi connectivity index (χ1v) is 6.32. The van der Waals surface area contributed by atoms with Crippen molar-refractivity contribution in [1.82, 2.24) is 9.80 Å². The third-order valence-corrected chi connectivity index (χ3v) is 3.88. The molecule has 3 nitrogen and oxygen atoms in total. The van der Waals surface area contributed by atoms with Crippen molar-refractivity contribution in [1.29, 1.82) is 0 Å². The molecule has 0 saturated carbocycles. The van der Waals surface area contributed by atoms with Crippen molar-refractivity contribution in [2.45, 2.75) is 12.6 Å². The number of piperazine rings is 1. The lowest BCUT2D eigenvalue weighted by Gasteiger charge is -2.39. The average molecular weight is 225 g/mol. The normalized spacial score (nSPS) is 24.5. The average Bonchev–Trinajstić information content (AvgIpc) is 2.73. The lowest BCUT2D eigenvalue weighted by molar-refractivity contribution is 0.0890. The summed E-state index contributed by atoms with van der Waals surface area (Å²) in [5.74, 6) is 0. The molecule has 0 amide bonds. The van der Waals surface area contributed by atoms with Crippen molar-refractivity contribution in [2.24, 2.45) is 5.73 Å². The summed E-state index contributed by atoms with van der Waals surface area (Å²) in [5.41, 5.74) is 5.82. The van der Waals surface area contributed by atoms with Crippen LogP contribution in [0, 0.1) is 0 Å². The van der Waals surface area contributed by atoms with E-state index in [9.17, 15) is 0 Å². The molecule has 1 aliphatic heterocycles. The molecule has 2 rings (SSSR count). The summed E-state index contributed by atoms with van der Waals surface area (Å²) in [6.07, 6.45) is 0. The fourth-order valence-electron chi connectivity index (χ4n) is 2.08. The molecule has 0 aromatic carbocycles. The Bertz CT molecular complexity index is 286. The fourth-order valence-corrected chi connectivity index (χ4v) is 2.81. The quantitative estimate of drug-likeness (QED) is 0.827. The van der Waals surface area contributed by atoms with Crippen LogP contribution in [-0.2, 0) is 6.54 Å². The van der Waals surface area contributed by atoms with E-state index >= 15 is 0 Å². The summed E-state index contributed by atoms with van der Waals surface area (Å²) in [6, 6.07) is 4.84. The molecule has 0 radical (unpaired) electrons. The van der Waals surface area contributed by atoms with Gasteiger partial charge in [0, 0.05) is 43.6 Å². The van der Waals surface area contributed by atoms with Gasteiger partial charge < -0.3 is 10.6 Å². The minimum Gasteiger partial charge on any atom is -0.329 e. The van der Waals surface area contributed by atoms with Crippen LogP contribution in [0.3, 0.4) is 0 Å². The lowest BCUT2D eigenvalue weighted by Crippen LogP contribution is -2.54. The van der Waals surface area contributed by atoms with Crippen LogP contribution in [0.2, 0.25) is 0 Å². The molecular formula is C11H19N3S. The van der Waals surface area contributed by atoms with Crippen molar-refractivity contribution < 1.29 is 0 Å². The Kier molecular flexibility index (Phi) is 3.75. The van der Waals surface area contributed by atoms with Crippen LogP contribution >= 0.6 is 11.3 Å². The number of nitrogens with two attached hydrogens (primary N) is 1. The predicted molar refractivity (Wildman–Crippen MR) is 65.1 cm³/mol. The Morgan fingerprint density at radius 1 is 1.53 bits per heavy atom. The van der Waals surface area contributed by atoms with Crippen LogP contribution in [0.1, 0.15) is 4.88 Å². The third kappa shape index (κ3) is 2.78. The minimum absolute atomic E-state index is 0.519. The molecule has 1 aromatic heterocycles. The van der Waals surface area contributed by atoms with Crippen molar-refractivity contribution in [3.63, 3.8) is 0 Å². The van der Waals surface area contributed by atoms with E-state index in [-0.39, 0.29) is 0 Å². The van der Waals surface area contributed by atoms with Crippen LogP contribution < -0.4 is 5.73 Å². The topological polar surface area (TPSA) is 32.5 Å². The molecule has 2 heterocycles. The van der Waals surface area contributed by atoms with E-state index in [0.717, 1.165) is 32.7 Å². The van der Waals surface area contributed by atoms with Gasteiger partial charge in [0.25, 0.3) is 0 Å². The number of hydrogen-bond acceptors (Lipinski definition) is 4. The van der Waals surface area contributed by atoms with Gasteiger partial charge in [-0.15, -0.1) is 11.3 Å². The largest absolute Gasteiger partial charge is 0.329 e. The molecule has 0 bridgehead atoms. The highest BCUT2D eigenvalue weighted by molar-refractivity contribution is 7.09. The number of rotatable bonds is 3. The van der Waals surface area contributed by atoms with E-state index < -0.39 is 0 Å². The molecule has 1 saturated heterocycles. The van der Waals surface area contributed by atoms with E-state index in [1.54, 1.807) is 0 Å². The molecule has 0 aliphatic carbocycles. The number of thiophene rings is 1. The van der Waals surface area contributed by atoms with Gasteiger partial charge in [-0.25, -0.2) is 0 Å². The van der Waals surface area contributed by atoms with Crippen LogP contribution in [0.5, 0.6) is 0 Å². The zero-order valence-corrected chi connectivity index (χ0v) is 10.0. The van der Waals surface area contributed by atoms with Gasteiger partial charge in [-0.3, -0.25) is 4.90 Å². The molecule has 1 aromatic rings. The maximum Gasteiger partial charge on any atom is 0.0349 e. The smallest absolute Gasteiger partial charge is 0.0349 e. The first kappa shape index (κ1) is 11.1. The van der Waals surface area contributed by atoms with Crippen LogP contribution in [0.4, 0.5) is 0 Å². The second-order valence-corrected chi connectivity index (χ2v) is 5.23. The van der Waals surface area contributed by atoms with Gasteiger partial charge in [-0.05, 0) is 18.5 Å². The maximum absolute atomic E-state index is 5.82. The molecule has 0 spiro atoms. The summed E-state index contributed by atoms with van der Waals surface area (Å²) in [6.45, 7) is 5.21. The molecule has 84 valence electrons. The number of likely N-dealkylation sites (N-methyl/N-ethyl adjacent to an activating group) is 1. The van der Waals surface area contributed by atoms with Crippen molar-refractivity contribution in [3.05, 3.63) is 22.4 Å². The highest BCUT2D eigenvalue weighted by atomic mass is 32.1. The minimum atomic E-state index is 0.519. The zero-order chi connectivity index (χ0) is 10.7. The van der Waals surface area contributed by atoms with Crippen molar-refractivity contribution in [3.8, 4) is 0 Å². The van der Waals surface area contributed by atoms with Crippen LogP contribution in [0.15, 0.2) is 17.5 Å². The summed E-state index contributed by atoms with van der Waals surface area (Å²) >= 11 is 1.83. The summed E-state index contributed by atoms with van der Waals surface area (Å²) in [7, 11) is 2.17. The molecule has 4 heteroatoms. The number of nitrogens with zero attached hydrogens (tertiary/aromatic N) is 2.